The van der Waals surface area contributed by atoms with E-state index in [1.807, 2.05) is 97.9 Å². The largest absolute Gasteiger partial charge is 0.702 e. The van der Waals surface area contributed by atoms with Crippen LogP contribution in [0.4, 0.5) is 0 Å². The smallest absolute Gasteiger partial charge is 0.483 e. The Morgan fingerprint density at radius 1 is 0.812 bits per heavy atom. The van der Waals surface area contributed by atoms with E-state index < -0.39 is 14.8 Å². The molecule has 0 aliphatic rings. The summed E-state index contributed by atoms with van der Waals surface area (Å²) in [5.74, 6) is 1.01. The highest BCUT2D eigenvalue weighted by Crippen LogP contribution is 2.34. The van der Waals surface area contributed by atoms with Crippen LogP contribution < -0.4 is 13.3 Å². The van der Waals surface area contributed by atoms with E-state index in [2.05, 4.69) is 6.58 Å². The predicted molar refractivity (Wildman–Crippen MR) is 127 cm³/mol. The van der Waals surface area contributed by atoms with Gasteiger partial charge in [0.15, 0.2) is 0 Å². The number of carboxylic acid groups (broad SMARTS) is 1. The van der Waals surface area contributed by atoms with Gasteiger partial charge in [-0.25, -0.2) is 4.79 Å². The Kier molecular flexibility index (Phi) is 8.11. The number of carbonyl (C=O) groups is 1. The predicted octanol–water partition coefficient (Wildman–Crippen LogP) is 6.36. The van der Waals surface area contributed by atoms with Crippen LogP contribution >= 0.6 is 0 Å². The van der Waals surface area contributed by atoms with Crippen molar-refractivity contribution < 1.29 is 23.2 Å². The van der Waals surface area contributed by atoms with E-state index in [-0.39, 0.29) is 11.1 Å². The first kappa shape index (κ1) is 23.2. The molecule has 1 unspecified atom stereocenters. The van der Waals surface area contributed by atoms with Crippen LogP contribution in [0.2, 0.25) is 5.54 Å². The number of benzene rings is 3. The van der Waals surface area contributed by atoms with Gasteiger partial charge in [0.2, 0.25) is 0 Å². The van der Waals surface area contributed by atoms with Gasteiger partial charge in [-0.15, -0.1) is 0 Å². The molecule has 3 rings (SSSR count). The molecular formula is C26H28O5Si. The van der Waals surface area contributed by atoms with Crippen LogP contribution in [0.15, 0.2) is 103 Å². The van der Waals surface area contributed by atoms with E-state index >= 15 is 0 Å². The van der Waals surface area contributed by atoms with Crippen molar-refractivity contribution in [2.24, 2.45) is 0 Å². The molecule has 3 aromatic carbocycles. The van der Waals surface area contributed by atoms with Crippen molar-refractivity contribution in [3.05, 3.63) is 103 Å². The van der Waals surface area contributed by atoms with E-state index in [4.69, 9.17) is 18.4 Å². The van der Waals surface area contributed by atoms with Gasteiger partial charge in [0.05, 0.1) is 5.54 Å². The first-order valence-electron chi connectivity index (χ1n) is 10.6. The number of aliphatic carboxylic acids is 1. The highest BCUT2D eigenvalue weighted by Gasteiger charge is 2.54. The Bertz CT molecular complexity index is 891. The Hall–Kier alpha value is -3.51. The quantitative estimate of drug-likeness (QED) is 0.258. The van der Waals surface area contributed by atoms with Gasteiger partial charge in [0, 0.05) is 5.57 Å². The van der Waals surface area contributed by atoms with Crippen LogP contribution in [0.25, 0.3) is 0 Å². The van der Waals surface area contributed by atoms with Gasteiger partial charge in [-0.1, -0.05) is 68.1 Å². The van der Waals surface area contributed by atoms with Crippen LogP contribution in [-0.4, -0.2) is 19.9 Å². The lowest BCUT2D eigenvalue weighted by atomic mass is 10.1. The summed E-state index contributed by atoms with van der Waals surface area (Å²) in [7, 11) is -3.40. The lowest BCUT2D eigenvalue weighted by molar-refractivity contribution is -0.132. The molecule has 0 aromatic heterocycles. The molecule has 5 nitrogen and oxygen atoms in total. The molecule has 0 amide bonds. The van der Waals surface area contributed by atoms with Crippen molar-refractivity contribution in [2.45, 2.75) is 31.7 Å². The monoisotopic (exact) mass is 448 g/mol. The summed E-state index contributed by atoms with van der Waals surface area (Å²) in [4.78, 5) is 11.1. The van der Waals surface area contributed by atoms with E-state index in [1.54, 1.807) is 0 Å². The fraction of sp³-hybridized carbons (Fsp3) is 0.192. The van der Waals surface area contributed by atoms with Gasteiger partial charge in [-0.05, 0) is 55.7 Å². The maximum absolute atomic E-state index is 11.1. The number of para-hydroxylation sites is 3. The first-order valence-corrected chi connectivity index (χ1v) is 12.4. The molecule has 0 radical (unpaired) electrons. The molecule has 32 heavy (non-hydrogen) atoms. The minimum atomic E-state index is -3.40. The third kappa shape index (κ3) is 6.49. The van der Waals surface area contributed by atoms with E-state index in [0.717, 1.165) is 0 Å². The Balaban J connectivity index is 1.93. The fourth-order valence-corrected chi connectivity index (χ4v) is 5.91. The highest BCUT2D eigenvalue weighted by molar-refractivity contribution is 6.64. The number of rotatable bonds is 12. The normalized spacial score (nSPS) is 11.9. The van der Waals surface area contributed by atoms with Crippen molar-refractivity contribution in [1.82, 2.24) is 0 Å². The molecule has 1 atom stereocenters. The third-order valence-corrected chi connectivity index (χ3v) is 8.09. The molecule has 0 heterocycles. The number of carboxylic acids is 1. The lowest BCUT2D eigenvalue weighted by Crippen LogP contribution is -2.58. The Morgan fingerprint density at radius 3 is 1.53 bits per heavy atom. The Morgan fingerprint density at radius 2 is 1.19 bits per heavy atom. The SMILES string of the molecule is C=C(CCCC(C)[Si](Oc1ccccc1)(Oc1ccccc1)Oc1ccccc1)C(=O)O. The number of hydrogen-bond acceptors (Lipinski definition) is 4. The fourth-order valence-electron chi connectivity index (χ4n) is 3.23. The maximum Gasteiger partial charge on any atom is 0.702 e. The van der Waals surface area contributed by atoms with Crippen molar-refractivity contribution in [2.75, 3.05) is 0 Å². The van der Waals surface area contributed by atoms with Gasteiger partial charge >= 0.3 is 14.8 Å². The average molecular weight is 449 g/mol. The van der Waals surface area contributed by atoms with Gasteiger partial charge in [0.1, 0.15) is 17.2 Å². The molecule has 3 aromatic rings. The van der Waals surface area contributed by atoms with Crippen LogP contribution in [0, 0.1) is 0 Å². The van der Waals surface area contributed by atoms with Crippen molar-refractivity contribution in [3.63, 3.8) is 0 Å². The summed E-state index contributed by atoms with van der Waals surface area (Å²) < 4.78 is 19.6. The van der Waals surface area contributed by atoms with Crippen molar-refractivity contribution >= 4 is 14.8 Å². The molecule has 6 heteroatoms. The zero-order chi connectivity index (χ0) is 22.8. The summed E-state index contributed by atoms with van der Waals surface area (Å²) in [6, 6.07) is 28.5. The second kappa shape index (κ2) is 11.2. The molecule has 0 bridgehead atoms. The molecule has 0 fully saturated rings. The molecule has 0 aliphatic heterocycles. The van der Waals surface area contributed by atoms with E-state index in [9.17, 15) is 4.79 Å². The molecule has 0 aliphatic carbocycles. The minimum absolute atomic E-state index is 0.121. The zero-order valence-electron chi connectivity index (χ0n) is 18.1. The van der Waals surface area contributed by atoms with Crippen LogP contribution in [0.3, 0.4) is 0 Å². The summed E-state index contributed by atoms with van der Waals surface area (Å²) in [5.41, 5.74) is 0.0751. The minimum Gasteiger partial charge on any atom is -0.483 e. The summed E-state index contributed by atoms with van der Waals surface area (Å²) in [5, 5.41) is 9.13. The topological polar surface area (TPSA) is 65.0 Å². The molecule has 1 N–H and O–H groups in total. The van der Waals surface area contributed by atoms with Crippen LogP contribution in [-0.2, 0) is 4.79 Å². The molecule has 166 valence electrons. The van der Waals surface area contributed by atoms with E-state index in [0.29, 0.717) is 36.5 Å². The van der Waals surface area contributed by atoms with Crippen molar-refractivity contribution in [1.29, 1.82) is 0 Å². The molecule has 0 spiro atoms. The summed E-state index contributed by atoms with van der Waals surface area (Å²) >= 11 is 0. The number of hydrogen-bond donors (Lipinski definition) is 1. The van der Waals surface area contributed by atoms with Gasteiger partial charge in [0.25, 0.3) is 0 Å². The third-order valence-electron chi connectivity index (χ3n) is 5.03. The van der Waals surface area contributed by atoms with Crippen LogP contribution in [0.5, 0.6) is 17.2 Å². The Labute approximate surface area is 190 Å². The van der Waals surface area contributed by atoms with E-state index in [1.165, 1.54) is 0 Å². The highest BCUT2D eigenvalue weighted by atomic mass is 28.4. The first-order chi connectivity index (χ1) is 15.5. The maximum atomic E-state index is 11.1. The van der Waals surface area contributed by atoms with Gasteiger partial charge < -0.3 is 18.4 Å². The lowest BCUT2D eigenvalue weighted by Gasteiger charge is -2.34. The average Bonchev–Trinajstić information content (AvgIpc) is 2.80. The second-order valence-corrected chi connectivity index (χ2v) is 10.4. The molecular weight excluding hydrogens is 420 g/mol. The van der Waals surface area contributed by atoms with Crippen LogP contribution in [0.1, 0.15) is 26.2 Å². The summed E-state index contributed by atoms with van der Waals surface area (Å²) in [6.45, 7) is 5.67. The summed E-state index contributed by atoms with van der Waals surface area (Å²) in [6.07, 6.45) is 1.69. The van der Waals surface area contributed by atoms with Crippen molar-refractivity contribution in [3.8, 4) is 17.2 Å². The van der Waals surface area contributed by atoms with Gasteiger partial charge in [-0.2, -0.15) is 0 Å². The molecule has 0 saturated heterocycles. The second-order valence-electron chi connectivity index (χ2n) is 7.55. The van der Waals surface area contributed by atoms with Gasteiger partial charge in [-0.3, -0.25) is 0 Å². The molecule has 0 saturated carbocycles. The standard InChI is InChI=1S/C26H28O5Si/c1-21(26(27)28)13-12-14-22(2)32(29-23-15-6-3-7-16-23,30-24-17-8-4-9-18-24)31-25-19-10-5-11-20-25/h3-11,15-20,22H,1,12-14H2,2H3,(H,27,28). The zero-order valence-corrected chi connectivity index (χ0v) is 19.1.